The van der Waals surface area contributed by atoms with Crippen LogP contribution in [0.2, 0.25) is 0 Å². The minimum Gasteiger partial charge on any atom is -0.493 e. The second kappa shape index (κ2) is 16.3. The summed E-state index contributed by atoms with van der Waals surface area (Å²) in [4.78, 5) is 63.9. The molecule has 0 radical (unpaired) electrons. The first-order valence-corrected chi connectivity index (χ1v) is 14.1. The van der Waals surface area contributed by atoms with Gasteiger partial charge in [0.15, 0.2) is 17.3 Å². The van der Waals surface area contributed by atoms with Crippen LogP contribution in [-0.4, -0.2) is 77.9 Å². The van der Waals surface area contributed by atoms with Gasteiger partial charge in [0.2, 0.25) is 17.7 Å². The Morgan fingerprint density at radius 1 is 1.12 bits per heavy atom. The van der Waals surface area contributed by atoms with E-state index in [9.17, 15) is 24.0 Å². The lowest BCUT2D eigenvalue weighted by Crippen LogP contribution is -2.56. The van der Waals surface area contributed by atoms with Crippen LogP contribution in [-0.2, 0) is 30.4 Å². The Hall–Kier alpha value is -4.15. The van der Waals surface area contributed by atoms with Gasteiger partial charge in [-0.3, -0.25) is 24.0 Å². The molecule has 1 fully saturated rings. The second-order valence-electron chi connectivity index (χ2n) is 10.6. The monoisotopic (exact) mass is 585 g/mol. The largest absolute Gasteiger partial charge is 0.493 e. The Morgan fingerprint density at radius 2 is 1.83 bits per heavy atom. The van der Waals surface area contributed by atoms with Crippen LogP contribution in [0.3, 0.4) is 0 Å². The number of rotatable bonds is 15. The van der Waals surface area contributed by atoms with Crippen LogP contribution in [0.25, 0.3) is 0 Å². The van der Waals surface area contributed by atoms with Crippen LogP contribution in [0.5, 0.6) is 11.5 Å². The number of amides is 3. The van der Waals surface area contributed by atoms with Crippen molar-refractivity contribution < 1.29 is 38.6 Å². The highest BCUT2D eigenvalue weighted by Gasteiger charge is 2.39. The number of nitrogens with zero attached hydrogens (tertiary/aromatic N) is 1. The van der Waals surface area contributed by atoms with E-state index in [1.54, 1.807) is 32.0 Å². The highest BCUT2D eigenvalue weighted by Crippen LogP contribution is 2.29. The van der Waals surface area contributed by atoms with Crippen LogP contribution in [0.1, 0.15) is 59.4 Å². The minimum atomic E-state index is -1.22. The van der Waals surface area contributed by atoms with E-state index < -0.39 is 48.1 Å². The van der Waals surface area contributed by atoms with E-state index in [1.807, 2.05) is 32.1 Å². The smallest absolute Gasteiger partial charge is 0.305 e. The zero-order valence-corrected chi connectivity index (χ0v) is 25.3. The molecule has 1 aromatic carbocycles. The summed E-state index contributed by atoms with van der Waals surface area (Å²) in [5.74, 6) is -2.33. The Balaban J connectivity index is 2.10. The zero-order chi connectivity index (χ0) is 31.4. The molecule has 1 unspecified atom stereocenters. The molecular formula is C31H43N3O8. The number of carbonyl (C=O) groups is 5. The van der Waals surface area contributed by atoms with E-state index in [0.717, 1.165) is 5.57 Å². The molecule has 11 heteroatoms. The molecule has 1 aromatic rings. The standard InChI is InChI=1S/C31H43N3O8/c1-7-10-21(8-2)18-42-25-13-12-22(15-26(25)41-6)16-27(36)33-29(19(3)4)31(40)34-14-9-11-24(34)30(39)32-23(20(5)35)17-28(37)38/h7-8,10,12-13,15,19,23-24,29H,9,11,14,16-18H2,1-6H3,(H,32,39)(H,33,36)(H,37,38)/b10-7-,21-8+/t23-,24-,29?/m0/s1. The van der Waals surface area contributed by atoms with Crippen molar-refractivity contribution in [2.45, 2.75) is 78.4 Å². The Morgan fingerprint density at radius 3 is 2.40 bits per heavy atom. The number of hydrogen-bond acceptors (Lipinski definition) is 7. The Kier molecular flexibility index (Phi) is 13.2. The molecular weight excluding hydrogens is 542 g/mol. The van der Waals surface area contributed by atoms with Gasteiger partial charge in [-0.05, 0) is 62.8 Å². The van der Waals surface area contributed by atoms with E-state index in [4.69, 9.17) is 14.6 Å². The van der Waals surface area contributed by atoms with Gasteiger partial charge in [0.1, 0.15) is 18.7 Å². The number of likely N-dealkylation sites (tertiary alicyclic amines) is 1. The maximum absolute atomic E-state index is 13.6. The van der Waals surface area contributed by atoms with Crippen molar-refractivity contribution in [1.82, 2.24) is 15.5 Å². The summed E-state index contributed by atoms with van der Waals surface area (Å²) < 4.78 is 11.4. The summed E-state index contributed by atoms with van der Waals surface area (Å²) >= 11 is 0. The van der Waals surface area contributed by atoms with Gasteiger partial charge in [-0.15, -0.1) is 0 Å². The minimum absolute atomic E-state index is 0.00871. The predicted molar refractivity (Wildman–Crippen MR) is 157 cm³/mol. The normalized spacial score (nSPS) is 16.7. The van der Waals surface area contributed by atoms with Crippen molar-refractivity contribution in [2.24, 2.45) is 5.92 Å². The zero-order valence-electron chi connectivity index (χ0n) is 25.3. The van der Waals surface area contributed by atoms with Gasteiger partial charge < -0.3 is 30.1 Å². The van der Waals surface area contributed by atoms with E-state index in [-0.39, 0.29) is 18.2 Å². The van der Waals surface area contributed by atoms with E-state index >= 15 is 0 Å². The molecule has 0 saturated carbocycles. The maximum Gasteiger partial charge on any atom is 0.305 e. The number of allylic oxidation sites excluding steroid dienone is 2. The molecule has 0 aliphatic carbocycles. The molecule has 2 rings (SSSR count). The van der Waals surface area contributed by atoms with Gasteiger partial charge >= 0.3 is 5.97 Å². The van der Waals surface area contributed by atoms with Gasteiger partial charge in [0, 0.05) is 6.54 Å². The van der Waals surface area contributed by atoms with Crippen molar-refractivity contribution in [3.8, 4) is 11.5 Å². The molecule has 1 aliphatic heterocycles. The van der Waals surface area contributed by atoms with E-state index in [1.165, 1.54) is 18.9 Å². The number of methoxy groups -OCH3 is 1. The maximum atomic E-state index is 13.6. The number of carboxylic acid groups (broad SMARTS) is 1. The van der Waals surface area contributed by atoms with E-state index in [2.05, 4.69) is 10.6 Å². The lowest BCUT2D eigenvalue weighted by molar-refractivity contribution is -0.144. The van der Waals surface area contributed by atoms with E-state index in [0.29, 0.717) is 43.1 Å². The average molecular weight is 586 g/mol. The molecule has 42 heavy (non-hydrogen) atoms. The van der Waals surface area contributed by atoms with Gasteiger partial charge in [-0.1, -0.05) is 38.1 Å². The number of carbonyl (C=O) groups excluding carboxylic acids is 4. The van der Waals surface area contributed by atoms with Crippen molar-refractivity contribution >= 4 is 29.5 Å². The molecule has 1 saturated heterocycles. The van der Waals surface area contributed by atoms with Crippen molar-refractivity contribution in [3.05, 3.63) is 47.6 Å². The first-order valence-electron chi connectivity index (χ1n) is 14.1. The molecule has 0 aromatic heterocycles. The highest BCUT2D eigenvalue weighted by molar-refractivity contribution is 5.95. The molecule has 3 N–H and O–H groups in total. The predicted octanol–water partition coefficient (Wildman–Crippen LogP) is 2.82. The number of ether oxygens (including phenoxy) is 2. The third-order valence-corrected chi connectivity index (χ3v) is 7.01. The van der Waals surface area contributed by atoms with Crippen molar-refractivity contribution in [2.75, 3.05) is 20.3 Å². The summed E-state index contributed by atoms with van der Waals surface area (Å²) in [7, 11) is 1.52. The van der Waals surface area contributed by atoms with Crippen LogP contribution < -0.4 is 20.1 Å². The third-order valence-electron chi connectivity index (χ3n) is 7.01. The molecule has 0 spiro atoms. The lowest BCUT2D eigenvalue weighted by Gasteiger charge is -2.31. The SMILES string of the molecule is C/C=C\C(=C/C)COc1ccc(CC(=O)NC(C(=O)N2CCC[C@H]2C(=O)N[C@@H](CC(=O)O)C(C)=O)C(C)C)cc1OC. The summed E-state index contributed by atoms with van der Waals surface area (Å²) in [6.45, 7) is 9.33. The molecule has 230 valence electrons. The van der Waals surface area contributed by atoms with Crippen LogP contribution in [0, 0.1) is 5.92 Å². The molecule has 1 heterocycles. The summed E-state index contributed by atoms with van der Waals surface area (Å²) in [6, 6.07) is 2.29. The first-order chi connectivity index (χ1) is 19.9. The van der Waals surface area contributed by atoms with Crippen molar-refractivity contribution in [1.29, 1.82) is 0 Å². The van der Waals surface area contributed by atoms with Crippen LogP contribution >= 0.6 is 0 Å². The fraction of sp³-hybridized carbons (Fsp3) is 0.516. The third kappa shape index (κ3) is 9.74. The average Bonchev–Trinajstić information content (AvgIpc) is 3.43. The highest BCUT2D eigenvalue weighted by atomic mass is 16.5. The van der Waals surface area contributed by atoms with Gasteiger partial charge in [0.25, 0.3) is 0 Å². The fourth-order valence-corrected chi connectivity index (χ4v) is 4.69. The van der Waals surface area contributed by atoms with Crippen molar-refractivity contribution in [3.63, 3.8) is 0 Å². The van der Waals surface area contributed by atoms with Gasteiger partial charge in [0.05, 0.1) is 26.0 Å². The number of aliphatic carboxylic acids is 1. The molecule has 3 amide bonds. The van der Waals surface area contributed by atoms with Gasteiger partial charge in [-0.2, -0.15) is 0 Å². The van der Waals surface area contributed by atoms with Crippen LogP contribution in [0.15, 0.2) is 42.0 Å². The fourth-order valence-electron chi connectivity index (χ4n) is 4.69. The number of Topliss-reactive ketones (excluding diaryl/α,β-unsaturated/α-hetero) is 1. The number of hydrogen-bond donors (Lipinski definition) is 3. The molecule has 11 nitrogen and oxygen atoms in total. The number of ketones is 1. The Bertz CT molecular complexity index is 1210. The Labute approximate surface area is 247 Å². The summed E-state index contributed by atoms with van der Waals surface area (Å²) in [5, 5.41) is 14.4. The molecule has 3 atom stereocenters. The number of nitrogens with one attached hydrogen (secondary N) is 2. The number of carboxylic acids is 1. The molecule has 0 bridgehead atoms. The topological polar surface area (TPSA) is 151 Å². The van der Waals surface area contributed by atoms with Gasteiger partial charge in [-0.25, -0.2) is 0 Å². The quantitative estimate of drug-likeness (QED) is 0.266. The molecule has 1 aliphatic rings. The summed E-state index contributed by atoms with van der Waals surface area (Å²) in [6.07, 6.45) is 6.21. The summed E-state index contributed by atoms with van der Waals surface area (Å²) in [5.41, 5.74) is 1.67. The first kappa shape index (κ1) is 34.1. The second-order valence-corrected chi connectivity index (χ2v) is 10.6. The van der Waals surface area contributed by atoms with Crippen LogP contribution in [0.4, 0.5) is 0 Å². The number of benzene rings is 1. The lowest BCUT2D eigenvalue weighted by atomic mass is 10.0.